The van der Waals surface area contributed by atoms with Crippen LogP contribution in [0.25, 0.3) is 0 Å². The Labute approximate surface area is 383 Å². The fourth-order valence-electron chi connectivity index (χ4n) is 7.40. The van der Waals surface area contributed by atoms with Crippen LogP contribution in [0.2, 0.25) is 0 Å². The minimum Gasteiger partial charge on any atom is -0.462 e. The second-order valence-electron chi connectivity index (χ2n) is 18.9. The van der Waals surface area contributed by atoms with Crippen molar-refractivity contribution in [1.29, 1.82) is 0 Å². The van der Waals surface area contributed by atoms with E-state index < -0.39 is 26.5 Å². The molecule has 0 bridgehead atoms. The van der Waals surface area contributed by atoms with Gasteiger partial charge in [0.2, 0.25) is 0 Å². The molecule has 0 aliphatic heterocycles. The number of allylic oxidation sites excluding steroid dienone is 4. The monoisotopic (exact) mass is 899 g/mol. The van der Waals surface area contributed by atoms with Crippen molar-refractivity contribution >= 4 is 19.8 Å². The lowest BCUT2D eigenvalue weighted by atomic mass is 10.0. The topological polar surface area (TPSA) is 108 Å². The highest BCUT2D eigenvalue weighted by atomic mass is 31.2. The van der Waals surface area contributed by atoms with Crippen molar-refractivity contribution < 1.29 is 42.1 Å². The van der Waals surface area contributed by atoms with Crippen molar-refractivity contribution in [2.45, 2.75) is 251 Å². The van der Waals surface area contributed by atoms with Crippen molar-refractivity contribution in [2.24, 2.45) is 0 Å². The number of unbranched alkanes of at least 4 members (excludes halogenated alkanes) is 30. The molecule has 0 saturated carbocycles. The number of phosphoric ester groups is 1. The number of hydrogen-bond acceptors (Lipinski definition) is 7. The van der Waals surface area contributed by atoms with Gasteiger partial charge in [-0.3, -0.25) is 18.6 Å². The average molecular weight is 899 g/mol. The number of hydrogen-bond donors (Lipinski definition) is 1. The molecule has 0 aliphatic carbocycles. The molecule has 0 spiro atoms. The average Bonchev–Trinajstić information content (AvgIpc) is 3.23. The highest BCUT2D eigenvalue weighted by molar-refractivity contribution is 7.47. The zero-order valence-corrected chi connectivity index (χ0v) is 42.3. The molecule has 0 aromatic carbocycles. The first-order chi connectivity index (χ1) is 30.0. The normalized spacial score (nSPS) is 13.6. The number of carbonyl (C=O) groups is 2. The molecule has 2 unspecified atom stereocenters. The van der Waals surface area contributed by atoms with E-state index in [1.165, 1.54) is 173 Å². The van der Waals surface area contributed by atoms with Gasteiger partial charge in [0.1, 0.15) is 19.8 Å². The Morgan fingerprint density at radius 1 is 0.500 bits per heavy atom. The molecule has 0 heterocycles. The molecule has 0 aromatic rings. The lowest BCUT2D eigenvalue weighted by Gasteiger charge is -2.24. The molecule has 62 heavy (non-hydrogen) atoms. The lowest BCUT2D eigenvalue weighted by Crippen LogP contribution is -2.37. The molecule has 2 atom stereocenters. The van der Waals surface area contributed by atoms with E-state index in [0.29, 0.717) is 23.9 Å². The van der Waals surface area contributed by atoms with E-state index in [4.69, 9.17) is 18.5 Å². The van der Waals surface area contributed by atoms with Gasteiger partial charge in [0.05, 0.1) is 27.7 Å². The molecule has 10 heteroatoms. The molecule has 9 nitrogen and oxygen atoms in total. The van der Waals surface area contributed by atoms with Crippen LogP contribution in [0.3, 0.4) is 0 Å². The Kier molecular flexibility index (Phi) is 43.6. The van der Waals surface area contributed by atoms with Crippen molar-refractivity contribution in [3.8, 4) is 0 Å². The SMILES string of the molecule is CCCCCCC/C=C\C/C=C\CCCCCCCCCCCCCCCCCCCC(=O)OC(COC(=O)CCCCCCCCCCC)COP(=O)(O)OCC[N+](C)(C)C. The van der Waals surface area contributed by atoms with E-state index in [-0.39, 0.29) is 25.6 Å². The van der Waals surface area contributed by atoms with Crippen LogP contribution in [-0.2, 0) is 32.7 Å². The minimum absolute atomic E-state index is 0.0346. The molecule has 0 fully saturated rings. The third-order valence-corrected chi connectivity index (χ3v) is 12.5. The Morgan fingerprint density at radius 3 is 1.27 bits per heavy atom. The summed E-state index contributed by atoms with van der Waals surface area (Å²) in [6, 6.07) is 0. The largest absolute Gasteiger partial charge is 0.472 e. The standard InChI is InChI=1S/C52H100NO8P/c1-6-8-10-12-14-16-17-18-19-20-21-22-23-24-25-26-27-28-29-30-31-32-33-34-35-37-39-41-43-45-52(55)61-50(49-60-62(56,57)59-47-46-53(3,4)5)48-58-51(54)44-42-40-38-36-15-13-11-9-7-2/h17-18,20-21,50H,6-16,19,22-49H2,1-5H3/p+1/b18-17-,21-20-. The number of phosphoric acid groups is 1. The molecule has 0 saturated heterocycles. The first-order valence-corrected chi connectivity index (χ1v) is 27.6. The van der Waals surface area contributed by atoms with Gasteiger partial charge in [0.25, 0.3) is 0 Å². The predicted molar refractivity (Wildman–Crippen MR) is 261 cm³/mol. The number of ether oxygens (including phenoxy) is 2. The highest BCUT2D eigenvalue weighted by Gasteiger charge is 2.27. The summed E-state index contributed by atoms with van der Waals surface area (Å²) in [5.74, 6) is -0.790. The van der Waals surface area contributed by atoms with E-state index in [2.05, 4.69) is 38.2 Å². The van der Waals surface area contributed by atoms with E-state index in [9.17, 15) is 19.0 Å². The van der Waals surface area contributed by atoms with Gasteiger partial charge in [0, 0.05) is 12.8 Å². The van der Waals surface area contributed by atoms with Crippen LogP contribution >= 0.6 is 7.82 Å². The van der Waals surface area contributed by atoms with Gasteiger partial charge < -0.3 is 18.9 Å². The third kappa shape index (κ3) is 48.0. The molecular formula is C52H101NO8P+. The zero-order valence-electron chi connectivity index (χ0n) is 41.4. The van der Waals surface area contributed by atoms with Gasteiger partial charge in [-0.25, -0.2) is 4.57 Å². The summed E-state index contributed by atoms with van der Waals surface area (Å²) in [6.45, 7) is 4.42. The molecule has 0 aromatic heterocycles. The summed E-state index contributed by atoms with van der Waals surface area (Å²) >= 11 is 0. The summed E-state index contributed by atoms with van der Waals surface area (Å²) in [7, 11) is 1.49. The summed E-state index contributed by atoms with van der Waals surface area (Å²) in [6.07, 6.45) is 51.1. The summed E-state index contributed by atoms with van der Waals surface area (Å²) in [5.41, 5.74) is 0. The number of quaternary nitrogens is 1. The maximum atomic E-state index is 12.7. The van der Waals surface area contributed by atoms with Gasteiger partial charge in [0.15, 0.2) is 6.10 Å². The number of nitrogens with zero attached hydrogens (tertiary/aromatic N) is 1. The van der Waals surface area contributed by atoms with Gasteiger partial charge in [-0.1, -0.05) is 212 Å². The second kappa shape index (κ2) is 44.7. The van der Waals surface area contributed by atoms with E-state index in [0.717, 1.165) is 38.5 Å². The summed E-state index contributed by atoms with van der Waals surface area (Å²) in [5, 5.41) is 0. The van der Waals surface area contributed by atoms with Gasteiger partial charge >= 0.3 is 19.8 Å². The Balaban J connectivity index is 4.01. The second-order valence-corrected chi connectivity index (χ2v) is 20.4. The van der Waals surface area contributed by atoms with E-state index in [1.54, 1.807) is 0 Å². The van der Waals surface area contributed by atoms with Crippen molar-refractivity contribution in [1.82, 2.24) is 0 Å². The molecule has 0 amide bonds. The van der Waals surface area contributed by atoms with Gasteiger partial charge in [-0.05, 0) is 44.9 Å². The molecule has 0 aliphatic rings. The molecule has 1 N–H and O–H groups in total. The van der Waals surface area contributed by atoms with Crippen LogP contribution < -0.4 is 0 Å². The highest BCUT2D eigenvalue weighted by Crippen LogP contribution is 2.43. The van der Waals surface area contributed by atoms with Crippen molar-refractivity contribution in [3.05, 3.63) is 24.3 Å². The van der Waals surface area contributed by atoms with Crippen LogP contribution in [-0.4, -0.2) is 74.9 Å². The van der Waals surface area contributed by atoms with Crippen LogP contribution in [0.5, 0.6) is 0 Å². The summed E-state index contributed by atoms with van der Waals surface area (Å²) in [4.78, 5) is 35.4. The molecular weight excluding hydrogens is 798 g/mol. The number of rotatable bonds is 48. The van der Waals surface area contributed by atoms with E-state index >= 15 is 0 Å². The summed E-state index contributed by atoms with van der Waals surface area (Å²) < 4.78 is 34.3. The van der Waals surface area contributed by atoms with Crippen molar-refractivity contribution in [3.63, 3.8) is 0 Å². The maximum absolute atomic E-state index is 12.7. The quantitative estimate of drug-likeness (QED) is 0.0211. The zero-order chi connectivity index (χ0) is 45.7. The fraction of sp³-hybridized carbons (Fsp3) is 0.885. The van der Waals surface area contributed by atoms with Crippen LogP contribution in [0.1, 0.15) is 245 Å². The smallest absolute Gasteiger partial charge is 0.462 e. The van der Waals surface area contributed by atoms with Crippen LogP contribution in [0, 0.1) is 0 Å². The number of carbonyl (C=O) groups excluding carboxylic acids is 2. The first-order valence-electron chi connectivity index (χ1n) is 26.1. The lowest BCUT2D eigenvalue weighted by molar-refractivity contribution is -0.870. The number of likely N-dealkylation sites (N-methyl/N-ethyl adjacent to an activating group) is 1. The first kappa shape index (κ1) is 60.5. The predicted octanol–water partition coefficient (Wildman–Crippen LogP) is 15.5. The van der Waals surface area contributed by atoms with Crippen molar-refractivity contribution in [2.75, 3.05) is 47.5 Å². The Bertz CT molecular complexity index is 1110. The Hall–Kier alpha value is -1.51. The maximum Gasteiger partial charge on any atom is 0.472 e. The number of esters is 2. The van der Waals surface area contributed by atoms with Crippen LogP contribution in [0.4, 0.5) is 0 Å². The van der Waals surface area contributed by atoms with Crippen LogP contribution in [0.15, 0.2) is 24.3 Å². The molecule has 0 rings (SSSR count). The van der Waals surface area contributed by atoms with Gasteiger partial charge in [-0.15, -0.1) is 0 Å². The molecule has 366 valence electrons. The fourth-order valence-corrected chi connectivity index (χ4v) is 8.14. The minimum atomic E-state index is -4.37. The third-order valence-electron chi connectivity index (χ3n) is 11.5. The van der Waals surface area contributed by atoms with E-state index in [1.807, 2.05) is 21.1 Å². The van der Waals surface area contributed by atoms with Gasteiger partial charge in [-0.2, -0.15) is 0 Å². The Morgan fingerprint density at radius 2 is 0.871 bits per heavy atom. The molecule has 0 radical (unpaired) electrons.